The minimum atomic E-state index is -0.825. The number of nitrogens with zero attached hydrogens (tertiary/aromatic N) is 3. The van der Waals surface area contributed by atoms with E-state index in [1.807, 2.05) is 42.5 Å². The van der Waals surface area contributed by atoms with Gasteiger partial charge in [-0.1, -0.05) is 54.6 Å². The fraction of sp³-hybridized carbons (Fsp3) is 0.136. The topological polar surface area (TPSA) is 103 Å². The Hall–Kier alpha value is -4.07. The lowest BCUT2D eigenvalue weighted by molar-refractivity contribution is -0.389. The van der Waals surface area contributed by atoms with Gasteiger partial charge in [-0.25, -0.2) is 0 Å². The van der Waals surface area contributed by atoms with Gasteiger partial charge in [0.05, 0.1) is 6.54 Å². The third-order valence-corrected chi connectivity index (χ3v) is 4.80. The molecular weight excluding hydrogens is 386 g/mol. The van der Waals surface area contributed by atoms with Crippen LogP contribution in [-0.4, -0.2) is 34.2 Å². The molecule has 0 spiro atoms. The van der Waals surface area contributed by atoms with Crippen molar-refractivity contribution in [2.45, 2.75) is 13.0 Å². The second kappa shape index (κ2) is 7.75. The van der Waals surface area contributed by atoms with Crippen LogP contribution in [0.2, 0.25) is 0 Å². The highest BCUT2D eigenvalue weighted by molar-refractivity contribution is 6.07. The Morgan fingerprint density at radius 1 is 1.07 bits per heavy atom. The summed E-state index contributed by atoms with van der Waals surface area (Å²) in [6, 6.07) is 19.4. The lowest BCUT2D eigenvalue weighted by Gasteiger charge is -2.28. The Balaban J connectivity index is 1.60. The third kappa shape index (κ3) is 3.62. The lowest BCUT2D eigenvalue weighted by atomic mass is 10.0. The molecule has 3 aromatic rings. The number of pyridine rings is 1. The van der Waals surface area contributed by atoms with Crippen LogP contribution in [0.5, 0.6) is 5.75 Å². The SMILES string of the molecule is CC1Oc2ccc([N+](=O)[O-])nc2N(CC(=O)c2ccc(-c3ccccc3)cc2)C1=O. The van der Waals surface area contributed by atoms with Gasteiger partial charge in [0.2, 0.25) is 0 Å². The van der Waals surface area contributed by atoms with Crippen LogP contribution in [0, 0.1) is 10.1 Å². The van der Waals surface area contributed by atoms with E-state index in [1.165, 1.54) is 12.1 Å². The maximum absolute atomic E-state index is 12.8. The largest absolute Gasteiger partial charge is 0.475 e. The van der Waals surface area contributed by atoms with Crippen molar-refractivity contribution in [2.24, 2.45) is 0 Å². The van der Waals surface area contributed by atoms with Gasteiger partial charge in [0.25, 0.3) is 11.7 Å². The predicted molar refractivity (Wildman–Crippen MR) is 110 cm³/mol. The van der Waals surface area contributed by atoms with Crippen LogP contribution in [0.3, 0.4) is 0 Å². The molecule has 1 aliphatic rings. The molecule has 1 aromatic heterocycles. The Morgan fingerprint density at radius 3 is 2.40 bits per heavy atom. The fourth-order valence-electron chi connectivity index (χ4n) is 3.24. The molecule has 8 heteroatoms. The second-order valence-corrected chi connectivity index (χ2v) is 6.80. The first kappa shape index (κ1) is 19.3. The van der Waals surface area contributed by atoms with Gasteiger partial charge in [0, 0.05) is 11.6 Å². The number of anilines is 1. The first-order valence-corrected chi connectivity index (χ1v) is 9.26. The second-order valence-electron chi connectivity index (χ2n) is 6.80. The molecule has 0 bridgehead atoms. The summed E-state index contributed by atoms with van der Waals surface area (Å²) in [5, 5.41) is 11.1. The zero-order valence-electron chi connectivity index (χ0n) is 16.0. The van der Waals surface area contributed by atoms with E-state index in [9.17, 15) is 19.7 Å². The molecule has 1 aliphatic heterocycles. The summed E-state index contributed by atoms with van der Waals surface area (Å²) in [6.07, 6.45) is -0.825. The van der Waals surface area contributed by atoms with Gasteiger partial charge in [-0.15, -0.1) is 0 Å². The smallest absolute Gasteiger partial charge is 0.366 e. The van der Waals surface area contributed by atoms with Gasteiger partial charge in [-0.3, -0.25) is 14.5 Å². The van der Waals surface area contributed by atoms with Crippen molar-refractivity contribution in [1.29, 1.82) is 0 Å². The normalized spacial score (nSPS) is 15.3. The van der Waals surface area contributed by atoms with E-state index in [2.05, 4.69) is 4.98 Å². The first-order valence-electron chi connectivity index (χ1n) is 9.26. The lowest BCUT2D eigenvalue weighted by Crippen LogP contribution is -2.47. The molecule has 0 radical (unpaired) electrons. The number of hydrogen-bond donors (Lipinski definition) is 0. The van der Waals surface area contributed by atoms with Crippen LogP contribution in [0.1, 0.15) is 17.3 Å². The molecule has 0 aliphatic carbocycles. The van der Waals surface area contributed by atoms with Crippen LogP contribution in [-0.2, 0) is 4.79 Å². The van der Waals surface area contributed by atoms with E-state index < -0.39 is 22.8 Å². The maximum Gasteiger partial charge on any atom is 0.366 e. The highest BCUT2D eigenvalue weighted by atomic mass is 16.6. The van der Waals surface area contributed by atoms with Gasteiger partial charge in [-0.05, 0) is 34.0 Å². The zero-order valence-corrected chi connectivity index (χ0v) is 16.0. The number of Topliss-reactive ketones (excluding diaryl/α,β-unsaturated/α-hetero) is 1. The Labute approximate surface area is 171 Å². The van der Waals surface area contributed by atoms with Crippen molar-refractivity contribution in [3.05, 3.63) is 82.4 Å². The summed E-state index contributed by atoms with van der Waals surface area (Å²) >= 11 is 0. The van der Waals surface area contributed by atoms with Gasteiger partial charge < -0.3 is 14.9 Å². The number of ether oxygens (including phenoxy) is 1. The van der Waals surface area contributed by atoms with E-state index in [0.29, 0.717) is 5.56 Å². The quantitative estimate of drug-likeness (QED) is 0.366. The first-order chi connectivity index (χ1) is 14.4. The average molecular weight is 403 g/mol. The molecule has 1 atom stereocenters. The summed E-state index contributed by atoms with van der Waals surface area (Å²) in [5.74, 6) is -1.02. The fourth-order valence-corrected chi connectivity index (χ4v) is 3.24. The summed E-state index contributed by atoms with van der Waals surface area (Å²) in [4.78, 5) is 40.9. The summed E-state index contributed by atoms with van der Waals surface area (Å²) < 4.78 is 5.47. The zero-order chi connectivity index (χ0) is 21.3. The summed E-state index contributed by atoms with van der Waals surface area (Å²) in [5.41, 5.74) is 2.42. The number of aromatic nitrogens is 1. The number of hydrogen-bond acceptors (Lipinski definition) is 6. The minimum absolute atomic E-state index is 0.0263. The molecule has 150 valence electrons. The van der Waals surface area contributed by atoms with Crippen LogP contribution >= 0.6 is 0 Å². The average Bonchev–Trinajstić information content (AvgIpc) is 2.77. The number of fused-ring (bicyclic) bond motifs is 1. The van der Waals surface area contributed by atoms with Crippen LogP contribution < -0.4 is 9.64 Å². The number of benzene rings is 2. The van der Waals surface area contributed by atoms with Gasteiger partial charge in [-0.2, -0.15) is 0 Å². The van der Waals surface area contributed by atoms with Crippen molar-refractivity contribution in [3.8, 4) is 16.9 Å². The number of carbonyl (C=O) groups is 2. The summed E-state index contributed by atoms with van der Waals surface area (Å²) in [7, 11) is 0. The Kier molecular flexibility index (Phi) is 4.97. The molecule has 4 rings (SSSR count). The highest BCUT2D eigenvalue weighted by Gasteiger charge is 2.37. The minimum Gasteiger partial charge on any atom is -0.475 e. The van der Waals surface area contributed by atoms with E-state index >= 15 is 0 Å². The standard InChI is InChI=1S/C22H17N3O5/c1-14-22(27)24(21-19(30-14)11-12-20(23-21)25(28)29)13-18(26)17-9-7-16(8-10-17)15-5-3-2-4-6-15/h2-12,14H,13H2,1H3. The van der Waals surface area contributed by atoms with E-state index in [1.54, 1.807) is 19.1 Å². The molecule has 30 heavy (non-hydrogen) atoms. The molecule has 8 nitrogen and oxygen atoms in total. The number of ketones is 1. The predicted octanol–water partition coefficient (Wildman–Crippen LogP) is 3.65. The Morgan fingerprint density at radius 2 is 1.73 bits per heavy atom. The van der Waals surface area contributed by atoms with Crippen LogP contribution in [0.25, 0.3) is 11.1 Å². The molecule has 0 fully saturated rings. The molecule has 1 amide bonds. The van der Waals surface area contributed by atoms with Crippen molar-refractivity contribution < 1.29 is 19.2 Å². The molecule has 0 N–H and O–H groups in total. The van der Waals surface area contributed by atoms with Crippen LogP contribution in [0.15, 0.2) is 66.7 Å². The molecule has 0 saturated heterocycles. The van der Waals surface area contributed by atoms with E-state index in [0.717, 1.165) is 16.0 Å². The Bertz CT molecular complexity index is 1130. The van der Waals surface area contributed by atoms with Gasteiger partial charge >= 0.3 is 5.82 Å². The summed E-state index contributed by atoms with van der Waals surface area (Å²) in [6.45, 7) is 1.26. The number of carbonyl (C=O) groups excluding carboxylic acids is 2. The van der Waals surface area contributed by atoms with Gasteiger partial charge in [0.15, 0.2) is 17.6 Å². The molecule has 2 heterocycles. The highest BCUT2D eigenvalue weighted by Crippen LogP contribution is 2.34. The van der Waals surface area contributed by atoms with Crippen LogP contribution in [0.4, 0.5) is 11.6 Å². The monoisotopic (exact) mass is 403 g/mol. The molecular formula is C22H17N3O5. The maximum atomic E-state index is 12.8. The number of nitro groups is 1. The molecule has 0 saturated carbocycles. The van der Waals surface area contributed by atoms with Gasteiger partial charge in [0.1, 0.15) is 0 Å². The number of amides is 1. The molecule has 1 unspecified atom stereocenters. The third-order valence-electron chi connectivity index (χ3n) is 4.80. The number of rotatable bonds is 5. The van der Waals surface area contributed by atoms with E-state index in [-0.39, 0.29) is 23.9 Å². The molecule has 2 aromatic carbocycles. The van der Waals surface area contributed by atoms with Crippen molar-refractivity contribution in [3.63, 3.8) is 0 Å². The van der Waals surface area contributed by atoms with Crippen molar-refractivity contribution >= 4 is 23.3 Å². The van der Waals surface area contributed by atoms with Crippen molar-refractivity contribution in [2.75, 3.05) is 11.4 Å². The van der Waals surface area contributed by atoms with Crippen molar-refractivity contribution in [1.82, 2.24) is 4.98 Å². The van der Waals surface area contributed by atoms with E-state index in [4.69, 9.17) is 4.74 Å².